The van der Waals surface area contributed by atoms with Crippen molar-refractivity contribution in [1.29, 1.82) is 0 Å². The molecule has 2 heterocycles. The third-order valence-electron chi connectivity index (χ3n) is 5.55. The molecule has 0 saturated carbocycles. The number of anilines is 2. The van der Waals surface area contributed by atoms with Gasteiger partial charge in [-0.25, -0.2) is 0 Å². The molecule has 0 aromatic heterocycles. The number of aliphatic hydroxyl groups is 1. The molecule has 6 nitrogen and oxygen atoms in total. The summed E-state index contributed by atoms with van der Waals surface area (Å²) in [4.78, 5) is 26.6. The summed E-state index contributed by atoms with van der Waals surface area (Å²) in [5.74, 6) is -0.112. The minimum atomic E-state index is -1.79. The normalized spacial score (nSPS) is 19.8. The highest BCUT2D eigenvalue weighted by atomic mass is 35.5. The molecule has 1 atom stereocenters. The fourth-order valence-corrected chi connectivity index (χ4v) is 4.24. The average molecular weight is 421 g/mol. The number of carbonyl (C=O) groups is 2. The largest absolute Gasteiger partial charge is 0.482 e. The lowest BCUT2D eigenvalue weighted by Gasteiger charge is -2.36. The van der Waals surface area contributed by atoms with Crippen LogP contribution in [0.4, 0.5) is 11.4 Å². The summed E-state index contributed by atoms with van der Waals surface area (Å²) in [7, 11) is 0. The zero-order valence-corrected chi connectivity index (χ0v) is 16.7. The van der Waals surface area contributed by atoms with Crippen LogP contribution in [0, 0.1) is 6.92 Å². The second kappa shape index (κ2) is 6.58. The van der Waals surface area contributed by atoms with Gasteiger partial charge in [0.15, 0.2) is 12.3 Å². The van der Waals surface area contributed by atoms with Crippen LogP contribution < -0.4 is 15.0 Å². The molecule has 3 aromatic carbocycles. The Morgan fingerprint density at radius 1 is 1.10 bits per heavy atom. The fourth-order valence-electron chi connectivity index (χ4n) is 4.07. The Morgan fingerprint density at radius 2 is 1.90 bits per heavy atom. The second-order valence-electron chi connectivity index (χ2n) is 7.29. The van der Waals surface area contributed by atoms with Crippen LogP contribution in [-0.2, 0) is 10.5 Å². The predicted octanol–water partition coefficient (Wildman–Crippen LogP) is 3.83. The molecule has 2 aliphatic rings. The van der Waals surface area contributed by atoms with Crippen molar-refractivity contribution >= 4 is 34.8 Å². The van der Waals surface area contributed by atoms with Crippen LogP contribution >= 0.6 is 11.6 Å². The van der Waals surface area contributed by atoms with Crippen molar-refractivity contribution < 1.29 is 19.4 Å². The number of hydrogen-bond donors (Lipinski definition) is 2. The molecular weight excluding hydrogens is 404 g/mol. The highest BCUT2D eigenvalue weighted by Crippen LogP contribution is 2.47. The third-order valence-corrected chi connectivity index (χ3v) is 5.96. The van der Waals surface area contributed by atoms with Crippen molar-refractivity contribution in [3.05, 3.63) is 87.9 Å². The van der Waals surface area contributed by atoms with Crippen LogP contribution in [-0.4, -0.2) is 23.5 Å². The highest BCUT2D eigenvalue weighted by Gasteiger charge is 2.51. The number of carbonyl (C=O) groups excluding carboxylic acids is 2. The van der Waals surface area contributed by atoms with E-state index >= 15 is 0 Å². The molecule has 7 heteroatoms. The number of benzene rings is 3. The standard InChI is InChI=1S/C23H17ClN2O4/c1-13-17(24)7-4-8-19(13)26-22(28)15-5-2-3-6-16(15)23(26,29)14-9-10-20-18(11-14)25-21(27)12-30-20/h2-11,29H,12H2,1H3,(H,25,27). The van der Waals surface area contributed by atoms with Crippen molar-refractivity contribution in [2.45, 2.75) is 12.6 Å². The first-order valence-electron chi connectivity index (χ1n) is 9.40. The number of amides is 2. The number of fused-ring (bicyclic) bond motifs is 2. The lowest BCUT2D eigenvalue weighted by molar-refractivity contribution is -0.118. The maximum absolute atomic E-state index is 13.4. The predicted molar refractivity (Wildman–Crippen MR) is 113 cm³/mol. The molecule has 3 aromatic rings. The van der Waals surface area contributed by atoms with E-state index in [1.54, 1.807) is 67.6 Å². The summed E-state index contributed by atoms with van der Waals surface area (Å²) in [5, 5.41) is 15.3. The van der Waals surface area contributed by atoms with E-state index in [1.165, 1.54) is 4.90 Å². The van der Waals surface area contributed by atoms with Gasteiger partial charge in [-0.15, -0.1) is 0 Å². The molecule has 2 amide bonds. The van der Waals surface area contributed by atoms with Crippen LogP contribution in [0.2, 0.25) is 5.02 Å². The molecule has 5 rings (SSSR count). The van der Waals surface area contributed by atoms with Gasteiger partial charge in [0.05, 0.1) is 11.4 Å². The molecule has 30 heavy (non-hydrogen) atoms. The summed E-state index contributed by atoms with van der Waals surface area (Å²) in [5.41, 5.74) is 1.11. The number of hydrogen-bond acceptors (Lipinski definition) is 4. The maximum Gasteiger partial charge on any atom is 0.262 e. The van der Waals surface area contributed by atoms with Crippen LogP contribution in [0.3, 0.4) is 0 Å². The molecule has 1 unspecified atom stereocenters. The first-order chi connectivity index (χ1) is 14.4. The van der Waals surface area contributed by atoms with Gasteiger partial charge in [0.2, 0.25) is 0 Å². The molecule has 0 saturated heterocycles. The molecule has 0 radical (unpaired) electrons. The Labute approximate surface area is 177 Å². The van der Waals surface area contributed by atoms with Gasteiger partial charge in [-0.1, -0.05) is 35.9 Å². The van der Waals surface area contributed by atoms with E-state index < -0.39 is 5.72 Å². The number of nitrogens with zero attached hydrogens (tertiary/aromatic N) is 1. The van der Waals surface area contributed by atoms with Crippen LogP contribution in [0.25, 0.3) is 0 Å². The van der Waals surface area contributed by atoms with Crippen LogP contribution in [0.5, 0.6) is 5.75 Å². The van der Waals surface area contributed by atoms with E-state index in [0.29, 0.717) is 44.4 Å². The van der Waals surface area contributed by atoms with Gasteiger partial charge in [0.25, 0.3) is 11.8 Å². The molecule has 0 fully saturated rings. The van der Waals surface area contributed by atoms with Crippen molar-refractivity contribution in [2.24, 2.45) is 0 Å². The monoisotopic (exact) mass is 420 g/mol. The van der Waals surface area contributed by atoms with Crippen molar-refractivity contribution in [1.82, 2.24) is 0 Å². The smallest absolute Gasteiger partial charge is 0.262 e. The highest BCUT2D eigenvalue weighted by molar-refractivity contribution is 6.32. The zero-order chi connectivity index (χ0) is 21.0. The van der Waals surface area contributed by atoms with E-state index in [9.17, 15) is 14.7 Å². The van der Waals surface area contributed by atoms with Crippen LogP contribution in [0.15, 0.2) is 60.7 Å². The maximum atomic E-state index is 13.4. The number of ether oxygens (including phenoxy) is 1. The number of halogens is 1. The molecule has 2 aliphatic heterocycles. The minimum Gasteiger partial charge on any atom is -0.482 e. The number of rotatable bonds is 2. The average Bonchev–Trinajstić information content (AvgIpc) is 2.98. The van der Waals surface area contributed by atoms with Gasteiger partial charge in [-0.3, -0.25) is 14.5 Å². The van der Waals surface area contributed by atoms with Gasteiger partial charge in [-0.2, -0.15) is 0 Å². The Bertz CT molecular complexity index is 1230. The molecule has 150 valence electrons. The third kappa shape index (κ3) is 2.54. The van der Waals surface area contributed by atoms with Crippen LogP contribution in [0.1, 0.15) is 27.0 Å². The molecule has 0 spiro atoms. The van der Waals surface area contributed by atoms with E-state index in [0.717, 1.165) is 0 Å². The zero-order valence-electron chi connectivity index (χ0n) is 16.0. The quantitative estimate of drug-likeness (QED) is 0.660. The van der Waals surface area contributed by atoms with Crippen molar-refractivity contribution in [2.75, 3.05) is 16.8 Å². The van der Waals surface area contributed by atoms with Gasteiger partial charge >= 0.3 is 0 Å². The summed E-state index contributed by atoms with van der Waals surface area (Å²) in [6.07, 6.45) is 0. The summed E-state index contributed by atoms with van der Waals surface area (Å²) in [6.45, 7) is 1.74. The summed E-state index contributed by atoms with van der Waals surface area (Å²) in [6, 6.07) is 17.2. The second-order valence-corrected chi connectivity index (χ2v) is 7.70. The van der Waals surface area contributed by atoms with E-state index in [4.69, 9.17) is 16.3 Å². The van der Waals surface area contributed by atoms with Crippen molar-refractivity contribution in [3.63, 3.8) is 0 Å². The first-order valence-corrected chi connectivity index (χ1v) is 9.78. The Hall–Kier alpha value is -3.35. The molecular formula is C23H17ClN2O4. The van der Waals surface area contributed by atoms with Gasteiger partial charge < -0.3 is 15.2 Å². The van der Waals surface area contributed by atoms with Gasteiger partial charge in [0.1, 0.15) is 5.75 Å². The Balaban J connectivity index is 1.76. The molecule has 0 bridgehead atoms. The van der Waals surface area contributed by atoms with E-state index in [2.05, 4.69) is 5.32 Å². The Kier molecular flexibility index (Phi) is 4.10. The summed E-state index contributed by atoms with van der Waals surface area (Å²) < 4.78 is 5.43. The lowest BCUT2D eigenvalue weighted by Crippen LogP contribution is -2.45. The van der Waals surface area contributed by atoms with Gasteiger partial charge in [0, 0.05) is 21.7 Å². The molecule has 2 N–H and O–H groups in total. The topological polar surface area (TPSA) is 78.9 Å². The van der Waals surface area contributed by atoms with Gasteiger partial charge in [-0.05, 0) is 48.9 Å². The summed E-state index contributed by atoms with van der Waals surface area (Å²) >= 11 is 6.32. The molecule has 0 aliphatic carbocycles. The van der Waals surface area contributed by atoms with E-state index in [-0.39, 0.29) is 18.4 Å². The van der Waals surface area contributed by atoms with Crippen molar-refractivity contribution in [3.8, 4) is 5.75 Å². The first kappa shape index (κ1) is 18.7. The fraction of sp³-hybridized carbons (Fsp3) is 0.130. The van der Waals surface area contributed by atoms with E-state index in [1.807, 2.05) is 0 Å². The minimum absolute atomic E-state index is 0.0637. The lowest BCUT2D eigenvalue weighted by atomic mass is 9.92. The SMILES string of the molecule is Cc1c(Cl)cccc1N1C(=O)c2ccccc2C1(O)c1ccc2c(c1)NC(=O)CO2. The Morgan fingerprint density at radius 3 is 2.73 bits per heavy atom. The number of nitrogens with one attached hydrogen (secondary N) is 1.